The predicted molar refractivity (Wildman–Crippen MR) is 47.5 cm³/mol. The molecule has 0 aromatic heterocycles. The molecule has 1 fully saturated rings. The molecule has 68 valence electrons. The summed E-state index contributed by atoms with van der Waals surface area (Å²) >= 11 is 0. The fraction of sp³-hybridized carbons (Fsp3) is 0.700. The third kappa shape index (κ3) is 2.68. The summed E-state index contributed by atoms with van der Waals surface area (Å²) < 4.78 is 4.76. The van der Waals surface area contributed by atoms with E-state index in [1.54, 1.807) is 0 Å². The second kappa shape index (κ2) is 4.96. The molecule has 0 unspecified atom stereocenters. The van der Waals surface area contributed by atoms with E-state index >= 15 is 0 Å². The topological polar surface area (TPSA) is 26.3 Å². The fourth-order valence-electron chi connectivity index (χ4n) is 1.69. The zero-order chi connectivity index (χ0) is 8.81. The monoisotopic (exact) mass is 168 g/mol. The van der Waals surface area contributed by atoms with Crippen LogP contribution in [-0.2, 0) is 9.53 Å². The zero-order valence-corrected chi connectivity index (χ0v) is 7.42. The summed E-state index contributed by atoms with van der Waals surface area (Å²) in [5, 5.41) is 0. The van der Waals surface area contributed by atoms with Crippen molar-refractivity contribution in [2.45, 2.75) is 38.5 Å². The highest BCUT2D eigenvalue weighted by atomic mass is 16.5. The Labute approximate surface area is 73.6 Å². The Bertz CT molecular complexity index is 155. The highest BCUT2D eigenvalue weighted by Gasteiger charge is 2.20. The van der Waals surface area contributed by atoms with Gasteiger partial charge in [-0.25, -0.2) is 0 Å². The third-order valence-electron chi connectivity index (χ3n) is 2.39. The lowest BCUT2D eigenvalue weighted by Gasteiger charge is -2.09. The van der Waals surface area contributed by atoms with Crippen LogP contribution in [0.1, 0.15) is 38.5 Å². The van der Waals surface area contributed by atoms with E-state index in [1.807, 2.05) is 0 Å². The molecule has 0 aromatic carbocycles. The maximum Gasteiger partial charge on any atom is 0.313 e. The van der Waals surface area contributed by atoms with Gasteiger partial charge in [-0.05, 0) is 12.8 Å². The van der Waals surface area contributed by atoms with Crippen LogP contribution in [0.2, 0.25) is 0 Å². The molecule has 0 radical (unpaired) electrons. The Morgan fingerprint density at radius 2 is 1.83 bits per heavy atom. The molecule has 0 N–H and O–H groups in total. The summed E-state index contributed by atoms with van der Waals surface area (Å²) in [4.78, 5) is 11.3. The van der Waals surface area contributed by atoms with E-state index < -0.39 is 0 Å². The molecule has 0 spiro atoms. The van der Waals surface area contributed by atoms with Gasteiger partial charge in [0.25, 0.3) is 0 Å². The van der Waals surface area contributed by atoms with Crippen molar-refractivity contribution in [2.24, 2.45) is 5.92 Å². The Morgan fingerprint density at radius 3 is 2.33 bits per heavy atom. The molecule has 0 atom stereocenters. The standard InChI is InChI=1S/C10H16O2/c1-2-12-10(11)9-7-5-3-4-6-8-9/h2,9H,1,3-8H2. The molecule has 2 nitrogen and oxygen atoms in total. The Morgan fingerprint density at radius 1 is 1.25 bits per heavy atom. The van der Waals surface area contributed by atoms with Crippen LogP contribution in [0.15, 0.2) is 12.8 Å². The van der Waals surface area contributed by atoms with Crippen molar-refractivity contribution < 1.29 is 9.53 Å². The van der Waals surface area contributed by atoms with Gasteiger partial charge >= 0.3 is 5.97 Å². The van der Waals surface area contributed by atoms with Gasteiger partial charge in [-0.2, -0.15) is 0 Å². The molecule has 0 amide bonds. The minimum Gasteiger partial charge on any atom is -0.435 e. The minimum atomic E-state index is -0.0908. The van der Waals surface area contributed by atoms with Crippen molar-refractivity contribution in [3.05, 3.63) is 12.8 Å². The molecular weight excluding hydrogens is 152 g/mol. The smallest absolute Gasteiger partial charge is 0.313 e. The second-order valence-electron chi connectivity index (χ2n) is 3.29. The van der Waals surface area contributed by atoms with Gasteiger partial charge < -0.3 is 4.74 Å². The average molecular weight is 168 g/mol. The maximum absolute atomic E-state index is 11.3. The summed E-state index contributed by atoms with van der Waals surface area (Å²) in [6.45, 7) is 3.38. The number of hydrogen-bond acceptors (Lipinski definition) is 2. The van der Waals surface area contributed by atoms with Crippen LogP contribution in [0.4, 0.5) is 0 Å². The van der Waals surface area contributed by atoms with Crippen molar-refractivity contribution in [3.63, 3.8) is 0 Å². The molecule has 0 bridgehead atoms. The first-order chi connectivity index (χ1) is 5.84. The summed E-state index contributed by atoms with van der Waals surface area (Å²) in [5.74, 6) is 0.0393. The Kier molecular flexibility index (Phi) is 3.85. The summed E-state index contributed by atoms with van der Waals surface area (Å²) in [5.41, 5.74) is 0. The number of carbonyl (C=O) groups is 1. The van der Waals surface area contributed by atoms with Gasteiger partial charge in [-0.1, -0.05) is 32.3 Å². The molecule has 0 aromatic rings. The molecule has 1 saturated carbocycles. The predicted octanol–water partition coefficient (Wildman–Crippen LogP) is 2.64. The lowest BCUT2D eigenvalue weighted by atomic mass is 10.0. The largest absolute Gasteiger partial charge is 0.435 e. The molecule has 0 heterocycles. The third-order valence-corrected chi connectivity index (χ3v) is 2.39. The maximum atomic E-state index is 11.3. The van der Waals surface area contributed by atoms with Crippen LogP contribution in [0.5, 0.6) is 0 Å². The molecular formula is C10H16O2. The molecule has 2 heteroatoms. The van der Waals surface area contributed by atoms with Gasteiger partial charge in [0, 0.05) is 0 Å². The van der Waals surface area contributed by atoms with Crippen LogP contribution in [0, 0.1) is 5.92 Å². The summed E-state index contributed by atoms with van der Waals surface area (Å²) in [7, 11) is 0. The molecule has 1 aliphatic rings. The summed E-state index contributed by atoms with van der Waals surface area (Å²) in [6, 6.07) is 0. The Balaban J connectivity index is 2.37. The second-order valence-corrected chi connectivity index (χ2v) is 3.29. The molecule has 0 saturated heterocycles. The van der Waals surface area contributed by atoms with Crippen molar-refractivity contribution in [1.82, 2.24) is 0 Å². The van der Waals surface area contributed by atoms with Crippen LogP contribution in [-0.4, -0.2) is 5.97 Å². The van der Waals surface area contributed by atoms with E-state index in [9.17, 15) is 4.79 Å². The zero-order valence-electron chi connectivity index (χ0n) is 7.42. The van der Waals surface area contributed by atoms with E-state index in [-0.39, 0.29) is 11.9 Å². The first kappa shape index (κ1) is 9.30. The van der Waals surface area contributed by atoms with E-state index in [4.69, 9.17) is 4.74 Å². The average Bonchev–Trinajstić information content (AvgIpc) is 2.32. The van der Waals surface area contributed by atoms with Crippen molar-refractivity contribution in [1.29, 1.82) is 0 Å². The van der Waals surface area contributed by atoms with Gasteiger partial charge in [-0.3, -0.25) is 4.79 Å². The van der Waals surface area contributed by atoms with Crippen LogP contribution >= 0.6 is 0 Å². The van der Waals surface area contributed by atoms with Gasteiger partial charge in [0.1, 0.15) is 0 Å². The number of hydrogen-bond donors (Lipinski definition) is 0. The minimum absolute atomic E-state index is 0.0908. The van der Waals surface area contributed by atoms with Crippen LogP contribution in [0.25, 0.3) is 0 Å². The van der Waals surface area contributed by atoms with E-state index in [0.29, 0.717) is 0 Å². The van der Waals surface area contributed by atoms with Gasteiger partial charge in [0.05, 0.1) is 12.2 Å². The molecule has 0 aliphatic heterocycles. The van der Waals surface area contributed by atoms with Crippen molar-refractivity contribution >= 4 is 5.97 Å². The molecule has 1 rings (SSSR count). The lowest BCUT2D eigenvalue weighted by Crippen LogP contribution is -2.14. The van der Waals surface area contributed by atoms with Gasteiger partial charge in [0.2, 0.25) is 0 Å². The van der Waals surface area contributed by atoms with E-state index in [2.05, 4.69) is 6.58 Å². The number of ether oxygens (including phenoxy) is 1. The van der Waals surface area contributed by atoms with Crippen LogP contribution in [0.3, 0.4) is 0 Å². The quantitative estimate of drug-likeness (QED) is 0.360. The lowest BCUT2D eigenvalue weighted by molar-refractivity contribution is -0.143. The first-order valence-corrected chi connectivity index (χ1v) is 4.66. The first-order valence-electron chi connectivity index (χ1n) is 4.66. The SMILES string of the molecule is C=COC(=O)C1CCCCCC1. The van der Waals surface area contributed by atoms with Crippen molar-refractivity contribution in [3.8, 4) is 0 Å². The number of rotatable bonds is 2. The van der Waals surface area contributed by atoms with Crippen molar-refractivity contribution in [2.75, 3.05) is 0 Å². The van der Waals surface area contributed by atoms with E-state index in [0.717, 1.165) is 25.7 Å². The number of esters is 1. The molecule has 1 aliphatic carbocycles. The summed E-state index contributed by atoms with van der Waals surface area (Å²) in [6.07, 6.45) is 8.07. The Hall–Kier alpha value is -0.790. The fourth-order valence-corrected chi connectivity index (χ4v) is 1.69. The van der Waals surface area contributed by atoms with Gasteiger partial charge in [0.15, 0.2) is 0 Å². The molecule has 12 heavy (non-hydrogen) atoms. The van der Waals surface area contributed by atoms with Gasteiger partial charge in [-0.15, -0.1) is 0 Å². The number of carbonyl (C=O) groups excluding carboxylic acids is 1. The highest BCUT2D eigenvalue weighted by Crippen LogP contribution is 2.23. The van der Waals surface area contributed by atoms with Crippen LogP contribution < -0.4 is 0 Å². The highest BCUT2D eigenvalue weighted by molar-refractivity contribution is 5.72. The normalized spacial score (nSPS) is 19.7. The van der Waals surface area contributed by atoms with E-state index in [1.165, 1.54) is 19.1 Å².